The fourth-order valence-electron chi connectivity index (χ4n) is 3.49. The maximum atomic E-state index is 13.4. The summed E-state index contributed by atoms with van der Waals surface area (Å²) in [6.07, 6.45) is 1.41. The number of carbonyl (C=O) groups excluding carboxylic acids is 1. The molecule has 1 amide bonds. The lowest BCUT2D eigenvalue weighted by Gasteiger charge is -2.16. The number of anilines is 1. The first-order chi connectivity index (χ1) is 14.8. The Balaban J connectivity index is 1.74. The fraction of sp³-hybridized carbons (Fsp3) is 0.174. The van der Waals surface area contributed by atoms with Gasteiger partial charge in [0.2, 0.25) is 5.91 Å². The first kappa shape index (κ1) is 21.6. The highest BCUT2D eigenvalue weighted by Crippen LogP contribution is 2.33. The lowest BCUT2D eigenvalue weighted by atomic mass is 9.99. The molecule has 0 bridgehead atoms. The first-order valence-electron chi connectivity index (χ1n) is 9.58. The molecule has 2 aromatic carbocycles. The van der Waals surface area contributed by atoms with Crippen molar-refractivity contribution in [2.75, 3.05) is 5.32 Å². The third-order valence-electron chi connectivity index (χ3n) is 5.17. The molecule has 0 radical (unpaired) electrons. The van der Waals surface area contributed by atoms with Crippen LogP contribution in [-0.2, 0) is 4.79 Å². The summed E-state index contributed by atoms with van der Waals surface area (Å²) >= 11 is 13.6. The molecule has 158 valence electrons. The second-order valence-corrected chi connectivity index (χ2v) is 9.10. The minimum absolute atomic E-state index is 0.263. The summed E-state index contributed by atoms with van der Waals surface area (Å²) in [5.41, 5.74) is 4.17. The van der Waals surface area contributed by atoms with Crippen LogP contribution in [0.5, 0.6) is 0 Å². The molecule has 0 fully saturated rings. The van der Waals surface area contributed by atoms with E-state index < -0.39 is 11.9 Å². The number of rotatable bonds is 4. The van der Waals surface area contributed by atoms with E-state index in [4.69, 9.17) is 23.2 Å². The number of halogens is 2. The summed E-state index contributed by atoms with van der Waals surface area (Å²) < 4.78 is 1.34. The van der Waals surface area contributed by atoms with E-state index in [2.05, 4.69) is 16.4 Å². The van der Waals surface area contributed by atoms with Gasteiger partial charge in [-0.1, -0.05) is 47.0 Å². The van der Waals surface area contributed by atoms with E-state index in [-0.39, 0.29) is 5.56 Å². The minimum atomic E-state index is -0.800. The second-order valence-electron chi connectivity index (χ2n) is 7.39. The quantitative estimate of drug-likeness (QED) is 0.382. The SMILES string of the molecule is Cc1ccc(-c2csc3ncn(C(C)C(=O)Nc4cc(Cl)ccc4Cl)c(=O)c23)c(C)c1. The van der Waals surface area contributed by atoms with Gasteiger partial charge >= 0.3 is 0 Å². The van der Waals surface area contributed by atoms with Crippen LogP contribution in [-0.4, -0.2) is 15.5 Å². The number of hydrogen-bond donors (Lipinski definition) is 1. The maximum absolute atomic E-state index is 13.4. The van der Waals surface area contributed by atoms with Crippen LogP contribution in [0, 0.1) is 13.8 Å². The van der Waals surface area contributed by atoms with Crippen LogP contribution in [0.3, 0.4) is 0 Å². The summed E-state index contributed by atoms with van der Waals surface area (Å²) in [5.74, 6) is -0.393. The molecule has 5 nitrogen and oxygen atoms in total. The standard InChI is InChI=1S/C23H19Cl2N3O2S/c1-12-4-6-16(13(2)8-12)17-10-31-22-20(17)23(30)28(11-26-22)14(3)21(29)27-19-9-15(24)5-7-18(19)25/h4-11,14H,1-3H3,(H,27,29). The van der Waals surface area contributed by atoms with Gasteiger partial charge in [0.05, 0.1) is 22.4 Å². The molecule has 2 heterocycles. The molecule has 4 aromatic rings. The Kier molecular flexibility index (Phi) is 5.88. The van der Waals surface area contributed by atoms with Gasteiger partial charge in [0, 0.05) is 16.0 Å². The number of benzene rings is 2. The number of aromatic nitrogens is 2. The lowest BCUT2D eigenvalue weighted by Crippen LogP contribution is -2.31. The van der Waals surface area contributed by atoms with Gasteiger partial charge < -0.3 is 5.32 Å². The van der Waals surface area contributed by atoms with Gasteiger partial charge in [0.25, 0.3) is 5.56 Å². The van der Waals surface area contributed by atoms with E-state index in [0.29, 0.717) is 25.9 Å². The third-order valence-corrected chi connectivity index (χ3v) is 6.63. The number of thiophene rings is 1. The molecular formula is C23H19Cl2N3O2S. The number of amides is 1. The molecule has 0 spiro atoms. The highest BCUT2D eigenvalue weighted by Gasteiger charge is 2.21. The van der Waals surface area contributed by atoms with Crippen LogP contribution in [0.1, 0.15) is 24.1 Å². The summed E-state index contributed by atoms with van der Waals surface area (Å²) in [6.45, 7) is 5.70. The zero-order chi connectivity index (χ0) is 22.3. The monoisotopic (exact) mass is 471 g/mol. The molecule has 0 saturated carbocycles. The van der Waals surface area contributed by atoms with E-state index in [0.717, 1.165) is 22.3 Å². The number of carbonyl (C=O) groups is 1. The average Bonchev–Trinajstić information content (AvgIpc) is 3.15. The molecule has 0 saturated heterocycles. The number of nitrogens with one attached hydrogen (secondary N) is 1. The van der Waals surface area contributed by atoms with Gasteiger partial charge in [-0.15, -0.1) is 11.3 Å². The van der Waals surface area contributed by atoms with Crippen molar-refractivity contribution >= 4 is 56.3 Å². The van der Waals surface area contributed by atoms with Crippen molar-refractivity contribution in [1.82, 2.24) is 9.55 Å². The summed E-state index contributed by atoms with van der Waals surface area (Å²) in [6, 6.07) is 10.1. The van der Waals surface area contributed by atoms with Crippen LogP contribution < -0.4 is 10.9 Å². The molecule has 1 unspecified atom stereocenters. The molecule has 31 heavy (non-hydrogen) atoms. The molecule has 4 rings (SSSR count). The van der Waals surface area contributed by atoms with Crippen LogP contribution in [0.4, 0.5) is 5.69 Å². The van der Waals surface area contributed by atoms with Gasteiger partial charge in [-0.05, 0) is 50.1 Å². The fourth-order valence-corrected chi connectivity index (χ4v) is 4.73. The average molecular weight is 472 g/mol. The summed E-state index contributed by atoms with van der Waals surface area (Å²) in [4.78, 5) is 31.3. The Morgan fingerprint density at radius 2 is 1.90 bits per heavy atom. The molecule has 1 N–H and O–H groups in total. The van der Waals surface area contributed by atoms with Crippen LogP contribution in [0.25, 0.3) is 21.3 Å². The maximum Gasteiger partial charge on any atom is 0.263 e. The van der Waals surface area contributed by atoms with Crippen molar-refractivity contribution in [3.8, 4) is 11.1 Å². The van der Waals surface area contributed by atoms with Gasteiger partial charge in [-0.2, -0.15) is 0 Å². The smallest absolute Gasteiger partial charge is 0.263 e. The number of nitrogens with zero attached hydrogens (tertiary/aromatic N) is 2. The Morgan fingerprint density at radius 1 is 1.13 bits per heavy atom. The van der Waals surface area contributed by atoms with Crippen LogP contribution in [0.15, 0.2) is 52.9 Å². The van der Waals surface area contributed by atoms with Gasteiger partial charge in [-0.3, -0.25) is 14.2 Å². The molecule has 2 aromatic heterocycles. The van der Waals surface area contributed by atoms with Crippen LogP contribution >= 0.6 is 34.5 Å². The van der Waals surface area contributed by atoms with Crippen molar-refractivity contribution in [3.05, 3.63) is 79.6 Å². The van der Waals surface area contributed by atoms with Crippen molar-refractivity contribution < 1.29 is 4.79 Å². The van der Waals surface area contributed by atoms with E-state index >= 15 is 0 Å². The molecule has 1 atom stereocenters. The lowest BCUT2D eigenvalue weighted by molar-refractivity contribution is -0.118. The number of fused-ring (bicyclic) bond motifs is 1. The normalized spacial score (nSPS) is 12.2. The summed E-state index contributed by atoms with van der Waals surface area (Å²) in [5, 5.41) is 6.01. The Hall–Kier alpha value is -2.67. The molecule has 0 aliphatic heterocycles. The van der Waals surface area contributed by atoms with Crippen molar-refractivity contribution in [1.29, 1.82) is 0 Å². The Bertz CT molecular complexity index is 1380. The van der Waals surface area contributed by atoms with E-state index in [9.17, 15) is 9.59 Å². The summed E-state index contributed by atoms with van der Waals surface area (Å²) in [7, 11) is 0. The second kappa shape index (κ2) is 8.46. The topological polar surface area (TPSA) is 64.0 Å². The van der Waals surface area contributed by atoms with Crippen molar-refractivity contribution in [2.24, 2.45) is 0 Å². The first-order valence-corrected chi connectivity index (χ1v) is 11.2. The minimum Gasteiger partial charge on any atom is -0.323 e. The number of aryl methyl sites for hydroxylation is 2. The predicted octanol–water partition coefficient (Wildman–Crippen LogP) is 6.25. The third kappa shape index (κ3) is 4.11. The zero-order valence-corrected chi connectivity index (χ0v) is 19.4. The van der Waals surface area contributed by atoms with Crippen molar-refractivity contribution in [2.45, 2.75) is 26.8 Å². The van der Waals surface area contributed by atoms with Gasteiger partial charge in [-0.25, -0.2) is 4.98 Å². The van der Waals surface area contributed by atoms with Crippen LogP contribution in [0.2, 0.25) is 10.0 Å². The van der Waals surface area contributed by atoms with Gasteiger partial charge in [0.15, 0.2) is 0 Å². The van der Waals surface area contributed by atoms with Crippen molar-refractivity contribution in [3.63, 3.8) is 0 Å². The highest BCUT2D eigenvalue weighted by molar-refractivity contribution is 7.17. The van der Waals surface area contributed by atoms with E-state index in [1.54, 1.807) is 25.1 Å². The molecule has 0 aliphatic rings. The predicted molar refractivity (Wildman–Crippen MR) is 129 cm³/mol. The Morgan fingerprint density at radius 3 is 2.65 bits per heavy atom. The Labute approximate surface area is 193 Å². The van der Waals surface area contributed by atoms with Gasteiger partial charge in [0.1, 0.15) is 10.9 Å². The number of hydrogen-bond acceptors (Lipinski definition) is 4. The molecule has 8 heteroatoms. The van der Waals surface area contributed by atoms with E-state index in [1.807, 2.05) is 31.4 Å². The molecular weight excluding hydrogens is 453 g/mol. The largest absolute Gasteiger partial charge is 0.323 e. The highest BCUT2D eigenvalue weighted by atomic mass is 35.5. The van der Waals surface area contributed by atoms with E-state index in [1.165, 1.54) is 22.2 Å². The molecule has 0 aliphatic carbocycles. The zero-order valence-electron chi connectivity index (χ0n) is 17.1.